The van der Waals surface area contributed by atoms with Crippen molar-refractivity contribution in [3.05, 3.63) is 66.0 Å². The van der Waals surface area contributed by atoms with E-state index in [-0.39, 0.29) is 12.7 Å². The second-order valence-corrected chi connectivity index (χ2v) is 5.79. The number of rotatable bonds is 3. The van der Waals surface area contributed by atoms with Crippen LogP contribution in [0.4, 0.5) is 4.79 Å². The van der Waals surface area contributed by atoms with Crippen LogP contribution < -0.4 is 0 Å². The van der Waals surface area contributed by atoms with Gasteiger partial charge in [-0.15, -0.1) is 0 Å². The van der Waals surface area contributed by atoms with Crippen molar-refractivity contribution < 1.29 is 14.6 Å². The average Bonchev–Trinajstić information content (AvgIpc) is 2.62. The Kier molecular flexibility index (Phi) is 4.57. The second-order valence-electron chi connectivity index (χ2n) is 5.79. The number of likely N-dealkylation sites (tertiary alicyclic amines) is 1. The molecule has 23 heavy (non-hydrogen) atoms. The molecule has 0 spiro atoms. The molecule has 5 heteroatoms. The summed E-state index contributed by atoms with van der Waals surface area (Å²) < 4.78 is 5.34. The molecule has 0 atom stereocenters. The zero-order valence-corrected chi connectivity index (χ0v) is 12.9. The van der Waals surface area contributed by atoms with Crippen LogP contribution in [0.3, 0.4) is 0 Å². The van der Waals surface area contributed by atoms with Gasteiger partial charge in [0.25, 0.3) is 0 Å². The second kappa shape index (κ2) is 6.79. The molecule has 1 fully saturated rings. The fourth-order valence-electron chi connectivity index (χ4n) is 2.82. The maximum absolute atomic E-state index is 12.1. The van der Waals surface area contributed by atoms with E-state index in [4.69, 9.17) is 4.74 Å². The van der Waals surface area contributed by atoms with Crippen molar-refractivity contribution in [1.29, 1.82) is 0 Å². The molecular formula is C18H20N2O3. The Labute approximate surface area is 135 Å². The van der Waals surface area contributed by atoms with Gasteiger partial charge in [0.2, 0.25) is 0 Å². The Hall–Kier alpha value is -2.40. The minimum absolute atomic E-state index is 0.269. The maximum atomic E-state index is 12.1. The van der Waals surface area contributed by atoms with Gasteiger partial charge in [-0.2, -0.15) is 0 Å². The summed E-state index contributed by atoms with van der Waals surface area (Å²) in [7, 11) is 0. The van der Waals surface area contributed by atoms with Crippen molar-refractivity contribution in [1.82, 2.24) is 9.88 Å². The topological polar surface area (TPSA) is 62.7 Å². The quantitative estimate of drug-likeness (QED) is 0.946. The molecule has 1 saturated heterocycles. The summed E-state index contributed by atoms with van der Waals surface area (Å²) >= 11 is 0. The lowest BCUT2D eigenvalue weighted by Crippen LogP contribution is -2.45. The lowest BCUT2D eigenvalue weighted by atomic mass is 9.85. The first-order chi connectivity index (χ1) is 11.2. The molecule has 1 N–H and O–H groups in total. The van der Waals surface area contributed by atoms with Crippen LogP contribution in [0.25, 0.3) is 0 Å². The standard InChI is InChI=1S/C18H20N2O3/c21-17(23-14-15-4-2-1-3-5-15)20-12-8-18(22,9-13-20)16-6-10-19-11-7-16/h1-7,10-11,22H,8-9,12-14H2. The van der Waals surface area contributed by atoms with Gasteiger partial charge < -0.3 is 14.7 Å². The highest BCUT2D eigenvalue weighted by atomic mass is 16.6. The SMILES string of the molecule is O=C(OCc1ccccc1)N1CCC(O)(c2ccncc2)CC1. The number of nitrogens with zero attached hydrogens (tertiary/aromatic N) is 2. The number of amides is 1. The lowest BCUT2D eigenvalue weighted by Gasteiger charge is -2.37. The van der Waals surface area contributed by atoms with Crippen LogP contribution >= 0.6 is 0 Å². The van der Waals surface area contributed by atoms with Crippen LogP contribution in [0.5, 0.6) is 0 Å². The number of aliphatic hydroxyl groups is 1. The first-order valence-electron chi connectivity index (χ1n) is 7.76. The zero-order chi connectivity index (χ0) is 16.1. The van der Waals surface area contributed by atoms with Gasteiger partial charge in [-0.05, 0) is 36.1 Å². The predicted octanol–water partition coefficient (Wildman–Crippen LogP) is 2.70. The molecule has 5 nitrogen and oxygen atoms in total. The Morgan fingerprint density at radius 1 is 1.13 bits per heavy atom. The Balaban J connectivity index is 1.53. The molecule has 0 aliphatic carbocycles. The third-order valence-electron chi connectivity index (χ3n) is 4.27. The summed E-state index contributed by atoms with van der Waals surface area (Å²) in [6.07, 6.45) is 4.02. The Morgan fingerprint density at radius 3 is 2.43 bits per heavy atom. The first kappa shape index (κ1) is 15.5. The van der Waals surface area contributed by atoms with Crippen molar-refractivity contribution in [3.63, 3.8) is 0 Å². The van der Waals surface area contributed by atoms with E-state index in [0.717, 1.165) is 11.1 Å². The van der Waals surface area contributed by atoms with Gasteiger partial charge in [0.05, 0.1) is 5.60 Å². The fraction of sp³-hybridized carbons (Fsp3) is 0.333. The summed E-state index contributed by atoms with van der Waals surface area (Å²) in [4.78, 5) is 17.8. The minimum Gasteiger partial charge on any atom is -0.445 e. The van der Waals surface area contributed by atoms with Crippen LogP contribution in [0.1, 0.15) is 24.0 Å². The zero-order valence-electron chi connectivity index (χ0n) is 12.9. The van der Waals surface area contributed by atoms with E-state index in [9.17, 15) is 9.90 Å². The molecule has 2 aromatic rings. The summed E-state index contributed by atoms with van der Waals surface area (Å²) in [5, 5.41) is 10.7. The van der Waals surface area contributed by atoms with Crippen LogP contribution in [-0.2, 0) is 16.9 Å². The van der Waals surface area contributed by atoms with Crippen LogP contribution in [-0.4, -0.2) is 34.2 Å². The highest BCUT2D eigenvalue weighted by molar-refractivity contribution is 5.67. The molecule has 0 bridgehead atoms. The van der Waals surface area contributed by atoms with Crippen molar-refractivity contribution in [3.8, 4) is 0 Å². The number of pyridine rings is 1. The number of carbonyl (C=O) groups excluding carboxylic acids is 1. The van der Waals surface area contributed by atoms with Crippen molar-refractivity contribution in [2.45, 2.75) is 25.0 Å². The number of ether oxygens (including phenoxy) is 1. The summed E-state index contributed by atoms with van der Waals surface area (Å²) in [6.45, 7) is 1.23. The molecule has 0 saturated carbocycles. The van der Waals surface area contributed by atoms with Gasteiger partial charge >= 0.3 is 6.09 Å². The van der Waals surface area contributed by atoms with Gasteiger partial charge in [0.1, 0.15) is 6.61 Å². The van der Waals surface area contributed by atoms with Crippen molar-refractivity contribution in [2.24, 2.45) is 0 Å². The highest BCUT2D eigenvalue weighted by Crippen LogP contribution is 2.32. The number of hydrogen-bond acceptors (Lipinski definition) is 4. The molecule has 1 aliphatic heterocycles. The van der Waals surface area contributed by atoms with Gasteiger partial charge in [-0.1, -0.05) is 30.3 Å². The van der Waals surface area contributed by atoms with Crippen LogP contribution in [0, 0.1) is 0 Å². The molecule has 1 aromatic carbocycles. The maximum Gasteiger partial charge on any atom is 0.410 e. The van der Waals surface area contributed by atoms with Gasteiger partial charge in [-0.3, -0.25) is 4.98 Å². The van der Waals surface area contributed by atoms with E-state index in [0.29, 0.717) is 25.9 Å². The Morgan fingerprint density at radius 2 is 1.78 bits per heavy atom. The molecule has 1 amide bonds. The largest absolute Gasteiger partial charge is 0.445 e. The molecule has 2 heterocycles. The number of piperidine rings is 1. The minimum atomic E-state index is -0.890. The van der Waals surface area contributed by atoms with Gasteiger partial charge in [-0.25, -0.2) is 4.79 Å². The van der Waals surface area contributed by atoms with E-state index >= 15 is 0 Å². The fourth-order valence-corrected chi connectivity index (χ4v) is 2.82. The van der Waals surface area contributed by atoms with Crippen molar-refractivity contribution >= 4 is 6.09 Å². The third kappa shape index (κ3) is 3.68. The first-order valence-corrected chi connectivity index (χ1v) is 7.76. The van der Waals surface area contributed by atoms with E-state index in [2.05, 4.69) is 4.98 Å². The highest BCUT2D eigenvalue weighted by Gasteiger charge is 2.35. The number of hydrogen-bond donors (Lipinski definition) is 1. The number of benzene rings is 1. The van der Waals surface area contributed by atoms with Gasteiger partial charge in [0, 0.05) is 25.5 Å². The lowest BCUT2D eigenvalue weighted by molar-refractivity contribution is -0.0255. The number of aromatic nitrogens is 1. The molecule has 0 radical (unpaired) electrons. The van der Waals surface area contributed by atoms with E-state index in [1.54, 1.807) is 17.3 Å². The molecule has 120 valence electrons. The van der Waals surface area contributed by atoms with E-state index in [1.165, 1.54) is 0 Å². The molecular weight excluding hydrogens is 292 g/mol. The molecule has 0 unspecified atom stereocenters. The summed E-state index contributed by atoms with van der Waals surface area (Å²) in [5.41, 5.74) is 0.926. The van der Waals surface area contributed by atoms with E-state index in [1.807, 2.05) is 42.5 Å². The molecule has 3 rings (SSSR count). The number of carbonyl (C=O) groups is 1. The monoisotopic (exact) mass is 312 g/mol. The average molecular weight is 312 g/mol. The summed E-state index contributed by atoms with van der Waals surface area (Å²) in [6, 6.07) is 13.2. The normalized spacial score (nSPS) is 16.8. The third-order valence-corrected chi connectivity index (χ3v) is 4.27. The Bertz CT molecular complexity index is 638. The van der Waals surface area contributed by atoms with Crippen molar-refractivity contribution in [2.75, 3.05) is 13.1 Å². The van der Waals surface area contributed by atoms with E-state index < -0.39 is 5.60 Å². The van der Waals surface area contributed by atoms with Crippen LogP contribution in [0.15, 0.2) is 54.9 Å². The smallest absolute Gasteiger partial charge is 0.410 e. The molecule has 1 aromatic heterocycles. The molecule has 1 aliphatic rings. The predicted molar refractivity (Wildman–Crippen MR) is 85.6 cm³/mol. The summed E-state index contributed by atoms with van der Waals surface area (Å²) in [5.74, 6) is 0. The van der Waals surface area contributed by atoms with Gasteiger partial charge in [0.15, 0.2) is 0 Å². The van der Waals surface area contributed by atoms with Crippen LogP contribution in [0.2, 0.25) is 0 Å².